The maximum Gasteiger partial charge on any atom is 0.239 e. The molecule has 17 heavy (non-hydrogen) atoms. The Morgan fingerprint density at radius 2 is 2.06 bits per heavy atom. The van der Waals surface area contributed by atoms with Crippen LogP contribution >= 0.6 is 0 Å². The second-order valence-electron chi connectivity index (χ2n) is 5.21. The van der Waals surface area contributed by atoms with E-state index >= 15 is 0 Å². The number of nitrogens with two attached hydrogens (primary N) is 1. The van der Waals surface area contributed by atoms with E-state index < -0.39 is 15.9 Å². The maximum absolute atomic E-state index is 12.0. The van der Waals surface area contributed by atoms with Crippen LogP contribution in [0.3, 0.4) is 0 Å². The molecule has 1 amide bonds. The molecule has 1 aliphatic rings. The summed E-state index contributed by atoms with van der Waals surface area (Å²) in [6, 6.07) is -0.487. The van der Waals surface area contributed by atoms with E-state index in [9.17, 15) is 13.2 Å². The number of nitrogens with zero attached hydrogens (tertiary/aromatic N) is 1. The van der Waals surface area contributed by atoms with Crippen LogP contribution in [0.2, 0.25) is 0 Å². The van der Waals surface area contributed by atoms with Crippen molar-refractivity contribution in [3.63, 3.8) is 0 Å². The lowest BCUT2D eigenvalue weighted by Crippen LogP contribution is -2.46. The SMILES string of the molecule is CC1CC(C)N(C(=O)C(N)CCS(C)(=O)=O)C1. The minimum atomic E-state index is -3.05. The molecule has 0 bridgehead atoms. The van der Waals surface area contributed by atoms with Crippen LogP contribution in [0.5, 0.6) is 0 Å². The molecule has 3 atom stereocenters. The molecule has 3 unspecified atom stereocenters. The fourth-order valence-corrected chi connectivity index (χ4v) is 2.97. The van der Waals surface area contributed by atoms with Gasteiger partial charge in [0, 0.05) is 18.8 Å². The predicted octanol–water partition coefficient (Wildman–Crippen LogP) is 0.00530. The van der Waals surface area contributed by atoms with Crippen LogP contribution < -0.4 is 5.73 Å². The van der Waals surface area contributed by atoms with E-state index in [0.29, 0.717) is 5.92 Å². The van der Waals surface area contributed by atoms with Gasteiger partial charge in [-0.25, -0.2) is 8.42 Å². The highest BCUT2D eigenvalue weighted by molar-refractivity contribution is 7.90. The van der Waals surface area contributed by atoms with Gasteiger partial charge in [-0.1, -0.05) is 6.92 Å². The Morgan fingerprint density at radius 3 is 2.47 bits per heavy atom. The molecule has 0 spiro atoms. The Kier molecular flexibility index (Phi) is 4.55. The maximum atomic E-state index is 12.0. The van der Waals surface area contributed by atoms with E-state index in [1.54, 1.807) is 4.90 Å². The van der Waals surface area contributed by atoms with Crippen molar-refractivity contribution in [2.75, 3.05) is 18.6 Å². The topological polar surface area (TPSA) is 80.5 Å². The van der Waals surface area contributed by atoms with Crippen LogP contribution in [0.1, 0.15) is 26.7 Å². The van der Waals surface area contributed by atoms with Gasteiger partial charge >= 0.3 is 0 Å². The molecule has 0 saturated carbocycles. The largest absolute Gasteiger partial charge is 0.338 e. The zero-order chi connectivity index (χ0) is 13.2. The van der Waals surface area contributed by atoms with Gasteiger partial charge in [0.25, 0.3) is 0 Å². The lowest BCUT2D eigenvalue weighted by atomic mass is 10.1. The zero-order valence-electron chi connectivity index (χ0n) is 10.7. The Balaban J connectivity index is 2.52. The minimum absolute atomic E-state index is 0.0301. The number of likely N-dealkylation sites (tertiary alicyclic amines) is 1. The summed E-state index contributed by atoms with van der Waals surface area (Å²) in [6.07, 6.45) is 2.35. The quantitative estimate of drug-likeness (QED) is 0.773. The molecule has 1 rings (SSSR count). The van der Waals surface area contributed by atoms with E-state index in [-0.39, 0.29) is 24.1 Å². The number of sulfone groups is 1. The molecular weight excluding hydrogens is 240 g/mol. The first-order chi connectivity index (χ1) is 7.70. The first-order valence-corrected chi connectivity index (χ1v) is 8.00. The lowest BCUT2D eigenvalue weighted by Gasteiger charge is -2.24. The molecule has 1 fully saturated rings. The summed E-state index contributed by atoms with van der Waals surface area (Å²) in [5.41, 5.74) is 5.76. The average Bonchev–Trinajstić information content (AvgIpc) is 2.52. The van der Waals surface area contributed by atoms with E-state index in [2.05, 4.69) is 6.92 Å². The number of hydrogen-bond donors (Lipinski definition) is 1. The molecule has 2 N–H and O–H groups in total. The standard InChI is InChI=1S/C11H22N2O3S/c1-8-6-9(2)13(7-8)11(14)10(12)4-5-17(3,15)16/h8-10H,4-7,12H2,1-3H3. The summed E-state index contributed by atoms with van der Waals surface area (Å²) >= 11 is 0. The number of carbonyl (C=O) groups excluding carboxylic acids is 1. The predicted molar refractivity (Wildman–Crippen MR) is 67.3 cm³/mol. The van der Waals surface area contributed by atoms with Crippen LogP contribution in [-0.4, -0.2) is 49.9 Å². The summed E-state index contributed by atoms with van der Waals surface area (Å²) in [5, 5.41) is 0. The fraction of sp³-hybridized carbons (Fsp3) is 0.909. The number of amides is 1. The third kappa shape index (κ3) is 4.27. The van der Waals surface area contributed by atoms with Crippen LogP contribution in [0.15, 0.2) is 0 Å². The van der Waals surface area contributed by atoms with Crippen molar-refractivity contribution in [1.29, 1.82) is 0 Å². The number of rotatable bonds is 4. The van der Waals surface area contributed by atoms with Gasteiger partial charge in [0.1, 0.15) is 9.84 Å². The highest BCUT2D eigenvalue weighted by Crippen LogP contribution is 2.23. The molecule has 0 radical (unpaired) electrons. The summed E-state index contributed by atoms with van der Waals surface area (Å²) in [7, 11) is -3.05. The second-order valence-corrected chi connectivity index (χ2v) is 7.47. The van der Waals surface area contributed by atoms with Gasteiger partial charge in [-0.3, -0.25) is 4.79 Å². The lowest BCUT2D eigenvalue weighted by molar-refractivity contribution is -0.133. The minimum Gasteiger partial charge on any atom is -0.338 e. The Morgan fingerprint density at radius 1 is 1.47 bits per heavy atom. The summed E-state index contributed by atoms with van der Waals surface area (Å²) in [4.78, 5) is 13.8. The molecule has 0 aromatic heterocycles. The van der Waals surface area contributed by atoms with Gasteiger partial charge in [0.05, 0.1) is 11.8 Å². The van der Waals surface area contributed by atoms with Crippen LogP contribution in [0.4, 0.5) is 0 Å². The van der Waals surface area contributed by atoms with E-state index in [1.165, 1.54) is 0 Å². The first kappa shape index (κ1) is 14.4. The highest BCUT2D eigenvalue weighted by atomic mass is 32.2. The molecule has 1 heterocycles. The van der Waals surface area contributed by atoms with Crippen LogP contribution in [0, 0.1) is 5.92 Å². The smallest absolute Gasteiger partial charge is 0.239 e. The molecule has 0 aromatic carbocycles. The summed E-state index contributed by atoms with van der Waals surface area (Å²) in [5.74, 6) is 0.346. The normalized spacial score (nSPS) is 27.2. The van der Waals surface area contributed by atoms with E-state index in [0.717, 1.165) is 19.2 Å². The summed E-state index contributed by atoms with van der Waals surface area (Å²) in [6.45, 7) is 4.84. The van der Waals surface area contributed by atoms with E-state index in [4.69, 9.17) is 5.73 Å². The van der Waals surface area contributed by atoms with Gasteiger partial charge < -0.3 is 10.6 Å². The van der Waals surface area contributed by atoms with Crippen molar-refractivity contribution in [2.45, 2.75) is 38.8 Å². The monoisotopic (exact) mass is 262 g/mol. The van der Waals surface area contributed by atoms with E-state index in [1.807, 2.05) is 6.92 Å². The van der Waals surface area contributed by atoms with Crippen molar-refractivity contribution < 1.29 is 13.2 Å². The van der Waals surface area contributed by atoms with Gasteiger partial charge in [-0.15, -0.1) is 0 Å². The molecular formula is C11H22N2O3S. The Hall–Kier alpha value is -0.620. The van der Waals surface area contributed by atoms with Crippen molar-refractivity contribution in [3.8, 4) is 0 Å². The van der Waals surface area contributed by atoms with Gasteiger partial charge in [0.15, 0.2) is 0 Å². The number of hydrogen-bond acceptors (Lipinski definition) is 4. The molecule has 6 heteroatoms. The molecule has 5 nitrogen and oxygen atoms in total. The third-order valence-corrected chi connectivity index (χ3v) is 4.16. The molecule has 100 valence electrons. The van der Waals surface area contributed by atoms with Crippen LogP contribution in [-0.2, 0) is 14.6 Å². The van der Waals surface area contributed by atoms with Gasteiger partial charge in [-0.2, -0.15) is 0 Å². The fourth-order valence-electron chi connectivity index (χ4n) is 2.28. The van der Waals surface area contributed by atoms with Crippen molar-refractivity contribution in [3.05, 3.63) is 0 Å². The summed E-state index contributed by atoms with van der Waals surface area (Å²) < 4.78 is 22.0. The highest BCUT2D eigenvalue weighted by Gasteiger charge is 2.32. The van der Waals surface area contributed by atoms with Crippen molar-refractivity contribution in [2.24, 2.45) is 11.7 Å². The van der Waals surface area contributed by atoms with Crippen LogP contribution in [0.25, 0.3) is 0 Å². The Bertz CT molecular complexity index is 380. The molecule has 1 aliphatic heterocycles. The average molecular weight is 262 g/mol. The molecule has 1 saturated heterocycles. The van der Waals surface area contributed by atoms with Crippen molar-refractivity contribution >= 4 is 15.7 Å². The Labute approximate surface area is 103 Å². The first-order valence-electron chi connectivity index (χ1n) is 5.94. The third-order valence-electron chi connectivity index (χ3n) is 3.18. The zero-order valence-corrected chi connectivity index (χ0v) is 11.5. The number of carbonyl (C=O) groups is 1. The van der Waals surface area contributed by atoms with Gasteiger partial charge in [0.2, 0.25) is 5.91 Å². The molecule has 0 aliphatic carbocycles. The second kappa shape index (κ2) is 5.35. The van der Waals surface area contributed by atoms with Gasteiger partial charge in [-0.05, 0) is 25.7 Å². The van der Waals surface area contributed by atoms with Crippen molar-refractivity contribution in [1.82, 2.24) is 4.90 Å². The molecule has 0 aromatic rings.